The molecule has 4 heteroatoms. The largest absolute Gasteiger partial charge is 0.497 e. The number of methoxy groups -OCH3 is 1. The molecule has 2 nitrogen and oxygen atoms in total. The maximum Gasteiger partial charge on any atom is 0.118 e. The van der Waals surface area contributed by atoms with E-state index in [2.05, 4.69) is 24.4 Å². The second-order valence-electron chi connectivity index (χ2n) is 4.87. The standard InChI is InChI=1S/C17H19Cl2NO/c1-3-20-17(13-9-14(18)11-15(19)10-13)8-12-4-6-16(21-2)7-5-12/h4-7,9-11,17,20H,3,8H2,1-2H3. The highest BCUT2D eigenvalue weighted by Crippen LogP contribution is 2.26. The van der Waals surface area contributed by atoms with Gasteiger partial charge in [-0.1, -0.05) is 42.3 Å². The van der Waals surface area contributed by atoms with Crippen molar-refractivity contribution in [2.24, 2.45) is 0 Å². The average Bonchev–Trinajstić information content (AvgIpc) is 2.46. The van der Waals surface area contributed by atoms with Gasteiger partial charge in [-0.25, -0.2) is 0 Å². The number of hydrogen-bond acceptors (Lipinski definition) is 2. The molecular weight excluding hydrogens is 305 g/mol. The predicted molar refractivity (Wildman–Crippen MR) is 89.6 cm³/mol. The molecular formula is C17H19Cl2NO. The molecule has 0 aromatic heterocycles. The maximum atomic E-state index is 6.11. The quantitative estimate of drug-likeness (QED) is 0.816. The monoisotopic (exact) mass is 323 g/mol. The zero-order chi connectivity index (χ0) is 15.2. The minimum absolute atomic E-state index is 0.180. The van der Waals surface area contributed by atoms with Gasteiger partial charge in [0.1, 0.15) is 5.75 Å². The van der Waals surface area contributed by atoms with Crippen molar-refractivity contribution in [3.05, 3.63) is 63.6 Å². The van der Waals surface area contributed by atoms with Crippen molar-refractivity contribution in [2.45, 2.75) is 19.4 Å². The number of nitrogens with one attached hydrogen (secondary N) is 1. The van der Waals surface area contributed by atoms with Crippen LogP contribution in [-0.2, 0) is 6.42 Å². The van der Waals surface area contributed by atoms with E-state index in [4.69, 9.17) is 27.9 Å². The number of likely N-dealkylation sites (N-methyl/N-ethyl adjacent to an activating group) is 1. The Morgan fingerprint density at radius 3 is 2.19 bits per heavy atom. The second kappa shape index (κ2) is 7.69. The van der Waals surface area contributed by atoms with Crippen LogP contribution in [0.25, 0.3) is 0 Å². The molecule has 2 rings (SSSR count). The summed E-state index contributed by atoms with van der Waals surface area (Å²) in [5.74, 6) is 0.865. The summed E-state index contributed by atoms with van der Waals surface area (Å²) in [4.78, 5) is 0. The number of ether oxygens (including phenoxy) is 1. The molecule has 0 amide bonds. The van der Waals surface area contributed by atoms with Crippen molar-refractivity contribution in [3.8, 4) is 5.75 Å². The first kappa shape index (κ1) is 16.2. The Bertz CT molecular complexity index is 564. The molecule has 0 aliphatic rings. The van der Waals surface area contributed by atoms with Gasteiger partial charge >= 0.3 is 0 Å². The van der Waals surface area contributed by atoms with E-state index in [0.29, 0.717) is 10.0 Å². The SMILES string of the molecule is CCNC(Cc1ccc(OC)cc1)c1cc(Cl)cc(Cl)c1. The van der Waals surface area contributed by atoms with Crippen LogP contribution >= 0.6 is 23.2 Å². The zero-order valence-electron chi connectivity index (χ0n) is 12.2. The summed E-state index contributed by atoms with van der Waals surface area (Å²) in [7, 11) is 1.67. The van der Waals surface area contributed by atoms with Crippen LogP contribution in [0.2, 0.25) is 10.0 Å². The molecule has 21 heavy (non-hydrogen) atoms. The van der Waals surface area contributed by atoms with E-state index in [1.807, 2.05) is 24.3 Å². The van der Waals surface area contributed by atoms with Crippen LogP contribution in [0.5, 0.6) is 5.75 Å². The number of hydrogen-bond donors (Lipinski definition) is 1. The van der Waals surface area contributed by atoms with Crippen molar-refractivity contribution >= 4 is 23.2 Å². The van der Waals surface area contributed by atoms with Gasteiger partial charge in [-0.2, -0.15) is 0 Å². The molecule has 0 aliphatic carbocycles. The minimum atomic E-state index is 0.180. The van der Waals surface area contributed by atoms with E-state index in [-0.39, 0.29) is 6.04 Å². The van der Waals surface area contributed by atoms with Gasteiger partial charge < -0.3 is 10.1 Å². The zero-order valence-corrected chi connectivity index (χ0v) is 13.7. The Kier molecular flexibility index (Phi) is 5.92. The smallest absolute Gasteiger partial charge is 0.118 e. The lowest BCUT2D eigenvalue weighted by Crippen LogP contribution is -2.23. The minimum Gasteiger partial charge on any atom is -0.497 e. The number of rotatable bonds is 6. The Morgan fingerprint density at radius 1 is 1.05 bits per heavy atom. The summed E-state index contributed by atoms with van der Waals surface area (Å²) < 4.78 is 5.19. The summed E-state index contributed by atoms with van der Waals surface area (Å²) in [5, 5.41) is 4.81. The van der Waals surface area contributed by atoms with Crippen LogP contribution in [0.4, 0.5) is 0 Å². The van der Waals surface area contributed by atoms with Gasteiger partial charge in [-0.15, -0.1) is 0 Å². The topological polar surface area (TPSA) is 21.3 Å². The molecule has 0 heterocycles. The van der Waals surface area contributed by atoms with Gasteiger partial charge in [0.2, 0.25) is 0 Å². The molecule has 0 saturated carbocycles. The van der Waals surface area contributed by atoms with E-state index in [0.717, 1.165) is 24.3 Å². The van der Waals surface area contributed by atoms with Crippen LogP contribution in [-0.4, -0.2) is 13.7 Å². The van der Waals surface area contributed by atoms with Gasteiger partial charge in [0.25, 0.3) is 0 Å². The normalized spacial score (nSPS) is 12.2. The fourth-order valence-electron chi connectivity index (χ4n) is 2.33. The highest BCUT2D eigenvalue weighted by atomic mass is 35.5. The van der Waals surface area contributed by atoms with Crippen molar-refractivity contribution in [1.29, 1.82) is 0 Å². The highest BCUT2D eigenvalue weighted by molar-refractivity contribution is 6.34. The molecule has 1 N–H and O–H groups in total. The molecule has 1 unspecified atom stereocenters. The molecule has 1 atom stereocenters. The molecule has 0 radical (unpaired) electrons. The van der Waals surface area contributed by atoms with Gasteiger partial charge in [0.15, 0.2) is 0 Å². The van der Waals surface area contributed by atoms with Gasteiger partial charge in [0.05, 0.1) is 7.11 Å². The Morgan fingerprint density at radius 2 is 1.67 bits per heavy atom. The third kappa shape index (κ3) is 4.63. The van der Waals surface area contributed by atoms with Crippen LogP contribution in [0.1, 0.15) is 24.1 Å². The van der Waals surface area contributed by atoms with Crippen LogP contribution in [0.15, 0.2) is 42.5 Å². The molecule has 112 valence electrons. The van der Waals surface area contributed by atoms with E-state index in [1.54, 1.807) is 13.2 Å². The molecule has 2 aromatic rings. The Balaban J connectivity index is 2.21. The van der Waals surface area contributed by atoms with E-state index < -0.39 is 0 Å². The third-order valence-electron chi connectivity index (χ3n) is 3.34. The number of halogens is 2. The molecule has 0 fully saturated rings. The van der Waals surface area contributed by atoms with E-state index in [9.17, 15) is 0 Å². The van der Waals surface area contributed by atoms with Crippen LogP contribution < -0.4 is 10.1 Å². The first-order chi connectivity index (χ1) is 10.1. The first-order valence-electron chi connectivity index (χ1n) is 6.94. The van der Waals surface area contributed by atoms with Crippen LogP contribution in [0.3, 0.4) is 0 Å². The second-order valence-corrected chi connectivity index (χ2v) is 5.74. The summed E-state index contributed by atoms with van der Waals surface area (Å²) in [6.07, 6.45) is 0.870. The van der Waals surface area contributed by atoms with Crippen molar-refractivity contribution in [2.75, 3.05) is 13.7 Å². The molecule has 0 saturated heterocycles. The lowest BCUT2D eigenvalue weighted by molar-refractivity contribution is 0.414. The van der Waals surface area contributed by atoms with E-state index in [1.165, 1.54) is 5.56 Å². The van der Waals surface area contributed by atoms with Crippen LogP contribution in [0, 0.1) is 0 Å². The van der Waals surface area contributed by atoms with Crippen molar-refractivity contribution in [1.82, 2.24) is 5.32 Å². The van der Waals surface area contributed by atoms with Gasteiger partial charge in [0, 0.05) is 16.1 Å². The fourth-order valence-corrected chi connectivity index (χ4v) is 2.87. The average molecular weight is 324 g/mol. The Hall–Kier alpha value is -1.22. The molecule has 0 bridgehead atoms. The van der Waals surface area contributed by atoms with Gasteiger partial charge in [-0.05, 0) is 54.4 Å². The maximum absolute atomic E-state index is 6.11. The first-order valence-corrected chi connectivity index (χ1v) is 7.70. The highest BCUT2D eigenvalue weighted by Gasteiger charge is 2.13. The molecule has 0 aliphatic heterocycles. The summed E-state index contributed by atoms with van der Waals surface area (Å²) in [6, 6.07) is 14.0. The van der Waals surface area contributed by atoms with Crippen molar-refractivity contribution < 1.29 is 4.74 Å². The van der Waals surface area contributed by atoms with Gasteiger partial charge in [-0.3, -0.25) is 0 Å². The molecule has 2 aromatic carbocycles. The lowest BCUT2D eigenvalue weighted by Gasteiger charge is -2.19. The summed E-state index contributed by atoms with van der Waals surface area (Å²) in [5.41, 5.74) is 2.34. The van der Waals surface area contributed by atoms with E-state index >= 15 is 0 Å². The number of benzene rings is 2. The summed E-state index contributed by atoms with van der Waals surface area (Å²) in [6.45, 7) is 2.97. The third-order valence-corrected chi connectivity index (χ3v) is 3.77. The molecule has 0 spiro atoms. The fraction of sp³-hybridized carbons (Fsp3) is 0.294. The Labute approximate surface area is 136 Å². The van der Waals surface area contributed by atoms with Crippen molar-refractivity contribution in [3.63, 3.8) is 0 Å². The summed E-state index contributed by atoms with van der Waals surface area (Å²) >= 11 is 12.2. The lowest BCUT2D eigenvalue weighted by atomic mass is 9.98. The predicted octanol–water partition coefficient (Wildman–Crippen LogP) is 4.90.